The van der Waals surface area contributed by atoms with Crippen LogP contribution in [0, 0.1) is 0 Å². The molecule has 1 aliphatic carbocycles. The second-order valence-corrected chi connectivity index (χ2v) is 13.1. The van der Waals surface area contributed by atoms with Crippen molar-refractivity contribution in [2.24, 2.45) is 22.9 Å². The van der Waals surface area contributed by atoms with Crippen LogP contribution in [0.3, 0.4) is 0 Å². The smallest absolute Gasteiger partial charge is 0.303 e. The summed E-state index contributed by atoms with van der Waals surface area (Å²) in [6.07, 6.45) is 7.00. The zero-order valence-electron chi connectivity index (χ0n) is 27.6. The number of unbranched alkanes of at least 4 members (excludes halogenated alkanes) is 8. The van der Waals surface area contributed by atoms with Crippen molar-refractivity contribution < 1.29 is 44.2 Å². The van der Waals surface area contributed by atoms with Gasteiger partial charge in [0.1, 0.15) is 30.0 Å². The zero-order chi connectivity index (χ0) is 33.6. The van der Waals surface area contributed by atoms with Crippen molar-refractivity contribution in [2.75, 3.05) is 20.2 Å². The number of aliphatic hydroxyl groups is 3. The zero-order valence-corrected chi connectivity index (χ0v) is 27.6. The SMILES string of the molecule is CCCCCCCCCCCC(=O)O.CN[C@@H]1[C@H](O)[C@@H](O[C@@H]2[C@H](O)[C@H](O[C@H]3O[C@H](CN)CC[C@H]3N)[C@@H](N)C[C@H]2N)OC[C@]1(C)O. The molecule has 13 N–H and O–H groups in total. The average Bonchev–Trinajstić information content (AvgIpc) is 2.98. The van der Waals surface area contributed by atoms with Gasteiger partial charge in [0.25, 0.3) is 0 Å². The molecule has 2 aliphatic heterocycles. The van der Waals surface area contributed by atoms with Crippen molar-refractivity contribution in [3.8, 4) is 0 Å². The molecule has 3 fully saturated rings. The van der Waals surface area contributed by atoms with Gasteiger partial charge in [-0.1, -0.05) is 58.3 Å². The Labute approximate surface area is 268 Å². The van der Waals surface area contributed by atoms with E-state index in [9.17, 15) is 20.1 Å². The number of aliphatic hydroxyl groups excluding tert-OH is 2. The Morgan fingerprint density at radius 2 is 1.44 bits per heavy atom. The molecule has 14 nitrogen and oxygen atoms in total. The molecule has 0 aromatic heterocycles. The van der Waals surface area contributed by atoms with E-state index in [1.807, 2.05) is 0 Å². The molecule has 14 heteroatoms. The maximum atomic E-state index is 11.0. The van der Waals surface area contributed by atoms with Gasteiger partial charge in [-0.05, 0) is 39.7 Å². The third-order valence-electron chi connectivity index (χ3n) is 9.04. The van der Waals surface area contributed by atoms with Crippen LogP contribution >= 0.6 is 0 Å². The van der Waals surface area contributed by atoms with Crippen LogP contribution in [-0.4, -0.2) is 119 Å². The van der Waals surface area contributed by atoms with Crippen LogP contribution in [0.4, 0.5) is 0 Å². The highest BCUT2D eigenvalue weighted by molar-refractivity contribution is 5.66. The molecule has 0 spiro atoms. The van der Waals surface area contributed by atoms with E-state index in [-0.39, 0.29) is 18.8 Å². The Balaban J connectivity index is 0.000000426. The molecule has 0 radical (unpaired) electrons. The van der Waals surface area contributed by atoms with E-state index in [1.165, 1.54) is 44.9 Å². The highest BCUT2D eigenvalue weighted by Crippen LogP contribution is 2.31. The molecule has 0 aromatic rings. The van der Waals surface area contributed by atoms with Gasteiger partial charge in [0.15, 0.2) is 12.6 Å². The van der Waals surface area contributed by atoms with Gasteiger partial charge in [0.05, 0.1) is 24.8 Å². The fourth-order valence-electron chi connectivity index (χ4n) is 6.28. The van der Waals surface area contributed by atoms with Crippen LogP contribution in [0.5, 0.6) is 0 Å². The van der Waals surface area contributed by atoms with Gasteiger partial charge in [0, 0.05) is 25.0 Å². The van der Waals surface area contributed by atoms with Gasteiger partial charge in [-0.15, -0.1) is 0 Å². The molecule has 3 aliphatic rings. The van der Waals surface area contributed by atoms with Crippen molar-refractivity contribution in [1.29, 1.82) is 0 Å². The third-order valence-corrected chi connectivity index (χ3v) is 9.04. The maximum absolute atomic E-state index is 11.0. The normalized spacial score (nSPS) is 38.8. The lowest BCUT2D eigenvalue weighted by molar-refractivity contribution is -0.306. The Morgan fingerprint density at radius 3 is 1.98 bits per heavy atom. The lowest BCUT2D eigenvalue weighted by atomic mass is 9.84. The summed E-state index contributed by atoms with van der Waals surface area (Å²) in [7, 11) is 1.62. The number of nitrogens with one attached hydrogen (secondary N) is 1. The second kappa shape index (κ2) is 20.4. The van der Waals surface area contributed by atoms with Crippen molar-refractivity contribution in [2.45, 2.75) is 170 Å². The number of carboxylic acids is 1. The van der Waals surface area contributed by atoms with E-state index in [0.717, 1.165) is 19.3 Å². The number of carboxylic acid groups (broad SMARTS) is 1. The minimum absolute atomic E-state index is 0.0665. The van der Waals surface area contributed by atoms with Gasteiger partial charge in [0.2, 0.25) is 0 Å². The van der Waals surface area contributed by atoms with Crippen LogP contribution < -0.4 is 28.3 Å². The van der Waals surface area contributed by atoms with E-state index in [1.54, 1.807) is 14.0 Å². The van der Waals surface area contributed by atoms with E-state index >= 15 is 0 Å². The molecule has 1 saturated carbocycles. The van der Waals surface area contributed by atoms with Crippen molar-refractivity contribution in [1.82, 2.24) is 5.32 Å². The van der Waals surface area contributed by atoms with Gasteiger partial charge >= 0.3 is 5.97 Å². The highest BCUT2D eigenvalue weighted by atomic mass is 16.7. The second-order valence-electron chi connectivity index (χ2n) is 13.1. The van der Waals surface area contributed by atoms with Crippen LogP contribution in [0.25, 0.3) is 0 Å². The molecule has 0 amide bonds. The Morgan fingerprint density at radius 1 is 0.889 bits per heavy atom. The van der Waals surface area contributed by atoms with Gasteiger partial charge < -0.3 is 67.6 Å². The number of hydrogen-bond donors (Lipinski definition) is 9. The number of nitrogens with two attached hydrogens (primary N) is 4. The summed E-state index contributed by atoms with van der Waals surface area (Å²) in [4.78, 5) is 10.2. The summed E-state index contributed by atoms with van der Waals surface area (Å²) in [6.45, 7) is 4.06. The fraction of sp³-hybridized carbons (Fsp3) is 0.968. The minimum atomic E-state index is -1.29. The van der Waals surface area contributed by atoms with Gasteiger partial charge in [-0.3, -0.25) is 4.79 Å². The van der Waals surface area contributed by atoms with Gasteiger partial charge in [-0.2, -0.15) is 0 Å². The molecular formula is C31H63N5O9. The first kappa shape index (κ1) is 40.2. The predicted molar refractivity (Wildman–Crippen MR) is 170 cm³/mol. The summed E-state index contributed by atoms with van der Waals surface area (Å²) in [5.74, 6) is -0.659. The van der Waals surface area contributed by atoms with E-state index in [0.29, 0.717) is 25.8 Å². The fourth-order valence-corrected chi connectivity index (χ4v) is 6.28. The summed E-state index contributed by atoms with van der Waals surface area (Å²) in [6, 6.07) is -2.26. The number of hydrogen-bond acceptors (Lipinski definition) is 13. The number of carbonyl (C=O) groups is 1. The molecule has 0 unspecified atom stereocenters. The summed E-state index contributed by atoms with van der Waals surface area (Å²) >= 11 is 0. The third kappa shape index (κ3) is 12.8. The molecule has 12 atom stereocenters. The Hall–Kier alpha value is -1.01. The van der Waals surface area contributed by atoms with Crippen molar-refractivity contribution >= 4 is 5.97 Å². The molecule has 3 rings (SSSR count). The van der Waals surface area contributed by atoms with Crippen LogP contribution in [0.1, 0.15) is 97.3 Å². The number of ether oxygens (including phenoxy) is 4. The lowest BCUT2D eigenvalue weighted by Crippen LogP contribution is -2.68. The quantitative estimate of drug-likeness (QED) is 0.1000. The number of aliphatic carboxylic acids is 1. The molecule has 0 aromatic carbocycles. The molecule has 266 valence electrons. The standard InChI is InChI=1S/C19H39N5O7.C12H24O2/c1-19(27)7-28-18(13(26)16(19)24-2)31-15-11(23)5-10(22)14(12(15)25)30-17-9(21)4-3-8(6-20)29-17;1-2-3-4-5-6-7-8-9-10-11-12(13)14/h8-18,24-27H,3-7,20-23H2,1-2H3;2-11H2,1H3,(H,13,14)/t8-,9+,10-,11+,12+,13-,14+,15-,16+,17+,18+,19-;/m0./s1. The summed E-state index contributed by atoms with van der Waals surface area (Å²) < 4.78 is 23.3. The molecule has 2 saturated heterocycles. The first-order valence-corrected chi connectivity index (χ1v) is 16.9. The monoisotopic (exact) mass is 649 g/mol. The number of likely N-dealkylation sites (N-methyl/N-ethyl adjacent to an activating group) is 1. The molecular weight excluding hydrogens is 586 g/mol. The number of rotatable bonds is 16. The predicted octanol–water partition coefficient (Wildman–Crippen LogP) is 0.0152. The molecule has 45 heavy (non-hydrogen) atoms. The first-order chi connectivity index (χ1) is 21.4. The van der Waals surface area contributed by atoms with Crippen LogP contribution in [0.2, 0.25) is 0 Å². The molecule has 0 bridgehead atoms. The Kier molecular flexibility index (Phi) is 18.2. The van der Waals surface area contributed by atoms with E-state index in [2.05, 4.69) is 12.2 Å². The van der Waals surface area contributed by atoms with E-state index < -0.39 is 66.7 Å². The topological polar surface area (TPSA) is 251 Å². The summed E-state index contributed by atoms with van der Waals surface area (Å²) in [5, 5.41) is 43.4. The van der Waals surface area contributed by atoms with Crippen molar-refractivity contribution in [3.63, 3.8) is 0 Å². The van der Waals surface area contributed by atoms with E-state index in [4.69, 9.17) is 47.0 Å². The lowest BCUT2D eigenvalue weighted by Gasteiger charge is -2.48. The Bertz CT molecular complexity index is 828. The van der Waals surface area contributed by atoms with Crippen molar-refractivity contribution in [3.05, 3.63) is 0 Å². The minimum Gasteiger partial charge on any atom is -0.481 e. The maximum Gasteiger partial charge on any atom is 0.303 e. The highest BCUT2D eigenvalue weighted by Gasteiger charge is 2.50. The van der Waals surface area contributed by atoms with Crippen LogP contribution in [-0.2, 0) is 23.7 Å². The van der Waals surface area contributed by atoms with Crippen LogP contribution in [0.15, 0.2) is 0 Å². The summed E-state index contributed by atoms with van der Waals surface area (Å²) in [5.41, 5.74) is 23.0. The molecule has 2 heterocycles. The first-order valence-electron chi connectivity index (χ1n) is 16.9. The largest absolute Gasteiger partial charge is 0.481 e. The average molecular weight is 650 g/mol. The van der Waals surface area contributed by atoms with Gasteiger partial charge in [-0.25, -0.2) is 0 Å².